The van der Waals surface area contributed by atoms with Gasteiger partial charge in [-0.15, -0.1) is 10.2 Å². The van der Waals surface area contributed by atoms with Crippen LogP contribution in [0.25, 0.3) is 0 Å². The molecule has 0 amide bonds. The van der Waals surface area contributed by atoms with E-state index >= 15 is 0 Å². The SMILES string of the molecule is COC1CCN(c2nnc(N3CCC(N4CCCCC4)CC3)s2)CC1. The van der Waals surface area contributed by atoms with Crippen LogP contribution in [0, 0.1) is 0 Å². The molecule has 1 aromatic rings. The van der Waals surface area contributed by atoms with Crippen molar-refractivity contribution in [2.45, 2.75) is 57.1 Å². The van der Waals surface area contributed by atoms with E-state index in [1.54, 1.807) is 11.3 Å². The monoisotopic (exact) mass is 365 g/mol. The van der Waals surface area contributed by atoms with Crippen LogP contribution in [-0.2, 0) is 4.74 Å². The first-order chi connectivity index (χ1) is 12.3. The maximum absolute atomic E-state index is 5.46. The predicted molar refractivity (Wildman–Crippen MR) is 103 cm³/mol. The van der Waals surface area contributed by atoms with Crippen LogP contribution in [0.5, 0.6) is 0 Å². The molecule has 0 spiro atoms. The first kappa shape index (κ1) is 17.5. The number of anilines is 2. The van der Waals surface area contributed by atoms with E-state index in [1.807, 2.05) is 7.11 Å². The zero-order chi connectivity index (χ0) is 17.1. The van der Waals surface area contributed by atoms with Gasteiger partial charge in [-0.3, -0.25) is 0 Å². The van der Waals surface area contributed by atoms with Gasteiger partial charge in [0, 0.05) is 39.3 Å². The Balaban J connectivity index is 1.29. The fraction of sp³-hybridized carbons (Fsp3) is 0.889. The molecule has 25 heavy (non-hydrogen) atoms. The van der Waals surface area contributed by atoms with Crippen LogP contribution in [0.15, 0.2) is 0 Å². The number of methoxy groups -OCH3 is 1. The van der Waals surface area contributed by atoms with Crippen molar-refractivity contribution in [3.05, 3.63) is 0 Å². The Morgan fingerprint density at radius 3 is 1.92 bits per heavy atom. The van der Waals surface area contributed by atoms with Crippen molar-refractivity contribution in [2.24, 2.45) is 0 Å². The summed E-state index contributed by atoms with van der Waals surface area (Å²) in [5.74, 6) is 0. The lowest BCUT2D eigenvalue weighted by Crippen LogP contribution is -2.46. The Labute approximate surface area is 155 Å². The summed E-state index contributed by atoms with van der Waals surface area (Å²) >= 11 is 1.77. The minimum Gasteiger partial charge on any atom is -0.381 e. The number of aromatic nitrogens is 2. The highest BCUT2D eigenvalue weighted by atomic mass is 32.1. The molecule has 3 aliphatic rings. The standard InChI is InChI=1S/C18H31N5OS/c1-24-16-7-13-23(14-8-16)18-20-19-17(25-18)22-11-5-15(6-12-22)21-9-3-2-4-10-21/h15-16H,2-14H2,1H3. The molecule has 0 atom stereocenters. The van der Waals surface area contributed by atoms with Crippen molar-refractivity contribution in [3.63, 3.8) is 0 Å². The quantitative estimate of drug-likeness (QED) is 0.817. The maximum Gasteiger partial charge on any atom is 0.209 e. The summed E-state index contributed by atoms with van der Waals surface area (Å²) in [4.78, 5) is 7.55. The third-order valence-electron chi connectivity index (χ3n) is 6.09. The van der Waals surface area contributed by atoms with Gasteiger partial charge in [-0.1, -0.05) is 17.8 Å². The smallest absolute Gasteiger partial charge is 0.209 e. The zero-order valence-corrected chi connectivity index (χ0v) is 16.2. The summed E-state index contributed by atoms with van der Waals surface area (Å²) in [5.41, 5.74) is 0. The number of ether oxygens (including phenoxy) is 1. The second kappa shape index (κ2) is 8.18. The van der Waals surface area contributed by atoms with Gasteiger partial charge in [-0.2, -0.15) is 0 Å². The Kier molecular flexibility index (Phi) is 5.73. The van der Waals surface area contributed by atoms with Gasteiger partial charge in [-0.05, 0) is 51.6 Å². The van der Waals surface area contributed by atoms with E-state index in [0.29, 0.717) is 6.10 Å². The molecule has 4 heterocycles. The van der Waals surface area contributed by atoms with Crippen molar-refractivity contribution >= 4 is 21.6 Å². The van der Waals surface area contributed by atoms with Crippen LogP contribution >= 0.6 is 11.3 Å². The van der Waals surface area contributed by atoms with Gasteiger partial charge in [0.1, 0.15) is 0 Å². The van der Waals surface area contributed by atoms with Crippen LogP contribution in [0.2, 0.25) is 0 Å². The highest BCUT2D eigenvalue weighted by Crippen LogP contribution is 2.31. The number of likely N-dealkylation sites (tertiary alicyclic amines) is 1. The molecule has 0 saturated carbocycles. The fourth-order valence-corrected chi connectivity index (χ4v) is 5.40. The second-order valence-corrected chi connectivity index (χ2v) is 8.54. The molecule has 0 bridgehead atoms. The molecular weight excluding hydrogens is 334 g/mol. The van der Waals surface area contributed by atoms with Crippen LogP contribution in [-0.4, -0.2) is 73.6 Å². The van der Waals surface area contributed by atoms with Crippen LogP contribution in [0.4, 0.5) is 10.3 Å². The first-order valence-electron chi connectivity index (χ1n) is 9.94. The van der Waals surface area contributed by atoms with E-state index in [0.717, 1.165) is 55.3 Å². The molecule has 0 aromatic carbocycles. The lowest BCUT2D eigenvalue weighted by Gasteiger charge is -2.40. The molecule has 4 rings (SSSR count). The highest BCUT2D eigenvalue weighted by molar-refractivity contribution is 7.19. The summed E-state index contributed by atoms with van der Waals surface area (Å²) in [6.07, 6.45) is 9.34. The van der Waals surface area contributed by atoms with E-state index in [9.17, 15) is 0 Å². The van der Waals surface area contributed by atoms with Gasteiger partial charge < -0.3 is 19.4 Å². The van der Waals surface area contributed by atoms with Gasteiger partial charge in [0.15, 0.2) is 0 Å². The van der Waals surface area contributed by atoms with Crippen molar-refractivity contribution in [1.82, 2.24) is 15.1 Å². The normalized spacial score (nSPS) is 24.8. The molecule has 0 N–H and O–H groups in total. The number of hydrogen-bond donors (Lipinski definition) is 0. The maximum atomic E-state index is 5.46. The molecule has 0 radical (unpaired) electrons. The van der Waals surface area contributed by atoms with Crippen molar-refractivity contribution < 1.29 is 4.74 Å². The van der Waals surface area contributed by atoms with E-state index < -0.39 is 0 Å². The van der Waals surface area contributed by atoms with Crippen LogP contribution < -0.4 is 9.80 Å². The third kappa shape index (κ3) is 4.09. The average Bonchev–Trinajstić information content (AvgIpc) is 3.19. The highest BCUT2D eigenvalue weighted by Gasteiger charge is 2.28. The Bertz CT molecular complexity index is 531. The van der Waals surface area contributed by atoms with E-state index in [1.165, 1.54) is 45.2 Å². The largest absolute Gasteiger partial charge is 0.381 e. The van der Waals surface area contributed by atoms with E-state index in [-0.39, 0.29) is 0 Å². The lowest BCUT2D eigenvalue weighted by atomic mass is 10.0. The zero-order valence-electron chi connectivity index (χ0n) is 15.4. The van der Waals surface area contributed by atoms with Gasteiger partial charge >= 0.3 is 0 Å². The van der Waals surface area contributed by atoms with E-state index in [4.69, 9.17) is 4.74 Å². The predicted octanol–water partition coefficient (Wildman–Crippen LogP) is 2.61. The Morgan fingerprint density at radius 2 is 1.36 bits per heavy atom. The van der Waals surface area contributed by atoms with Crippen LogP contribution in [0.3, 0.4) is 0 Å². The summed E-state index contributed by atoms with van der Waals surface area (Å²) in [6.45, 7) is 6.94. The number of nitrogens with zero attached hydrogens (tertiary/aromatic N) is 5. The fourth-order valence-electron chi connectivity index (χ4n) is 4.45. The lowest BCUT2D eigenvalue weighted by molar-refractivity contribution is 0.0819. The molecule has 3 aliphatic heterocycles. The van der Waals surface area contributed by atoms with Gasteiger partial charge in [0.05, 0.1) is 6.10 Å². The molecule has 140 valence electrons. The first-order valence-corrected chi connectivity index (χ1v) is 10.8. The minimum atomic E-state index is 0.414. The van der Waals surface area contributed by atoms with Gasteiger partial charge in [0.25, 0.3) is 0 Å². The molecule has 7 heteroatoms. The molecule has 0 aliphatic carbocycles. The molecule has 0 unspecified atom stereocenters. The second-order valence-electron chi connectivity index (χ2n) is 7.60. The number of piperidine rings is 3. The Morgan fingerprint density at radius 1 is 0.800 bits per heavy atom. The minimum absolute atomic E-state index is 0.414. The summed E-state index contributed by atoms with van der Waals surface area (Å²) < 4.78 is 5.46. The number of hydrogen-bond acceptors (Lipinski definition) is 7. The Hall–Kier alpha value is -0.920. The molecule has 3 fully saturated rings. The van der Waals surface area contributed by atoms with Crippen molar-refractivity contribution in [2.75, 3.05) is 56.2 Å². The molecule has 6 nitrogen and oxygen atoms in total. The van der Waals surface area contributed by atoms with Crippen molar-refractivity contribution in [1.29, 1.82) is 0 Å². The molecule has 1 aromatic heterocycles. The molecule has 3 saturated heterocycles. The number of rotatable bonds is 4. The van der Waals surface area contributed by atoms with Gasteiger partial charge in [0.2, 0.25) is 10.3 Å². The van der Waals surface area contributed by atoms with Gasteiger partial charge in [-0.25, -0.2) is 0 Å². The topological polar surface area (TPSA) is 44.7 Å². The van der Waals surface area contributed by atoms with Crippen LogP contribution in [0.1, 0.15) is 44.9 Å². The third-order valence-corrected chi connectivity index (χ3v) is 7.14. The summed E-state index contributed by atoms with van der Waals surface area (Å²) in [5, 5.41) is 11.2. The average molecular weight is 366 g/mol. The van der Waals surface area contributed by atoms with Crippen molar-refractivity contribution in [3.8, 4) is 0 Å². The summed E-state index contributed by atoms with van der Waals surface area (Å²) in [6, 6.07) is 0.789. The summed E-state index contributed by atoms with van der Waals surface area (Å²) in [7, 11) is 1.82. The van der Waals surface area contributed by atoms with E-state index in [2.05, 4.69) is 24.9 Å². The molecular formula is C18H31N5OS.